The summed E-state index contributed by atoms with van der Waals surface area (Å²) in [5.41, 5.74) is 7.10. The van der Waals surface area contributed by atoms with Gasteiger partial charge in [-0.3, -0.25) is 0 Å². The molecule has 0 amide bonds. The predicted molar refractivity (Wildman–Crippen MR) is 65.6 cm³/mol. The number of hydrogen-bond acceptors (Lipinski definition) is 4. The fourth-order valence-corrected chi connectivity index (χ4v) is 2.17. The summed E-state index contributed by atoms with van der Waals surface area (Å²) in [5.74, 6) is 0.869. The van der Waals surface area contributed by atoms with E-state index in [1.54, 1.807) is 19.2 Å². The largest absolute Gasteiger partial charge is 0.496 e. The van der Waals surface area contributed by atoms with Crippen LogP contribution in [0.3, 0.4) is 0 Å². The van der Waals surface area contributed by atoms with E-state index in [2.05, 4.69) is 21.1 Å². The highest BCUT2D eigenvalue weighted by atomic mass is 79.9. The molecule has 0 spiro atoms. The second-order valence-corrected chi connectivity index (χ2v) is 4.30. The van der Waals surface area contributed by atoms with Crippen LogP contribution in [0.5, 0.6) is 5.75 Å². The molecule has 0 atom stereocenters. The Labute approximate surface area is 105 Å². The molecule has 0 aliphatic carbocycles. The zero-order valence-electron chi connectivity index (χ0n) is 8.33. The summed E-state index contributed by atoms with van der Waals surface area (Å²) in [6.07, 6.45) is 1.53. The smallest absolute Gasteiger partial charge is 0.229 e. The summed E-state index contributed by atoms with van der Waals surface area (Å²) in [7, 11) is 1.57. The number of halogens is 2. The average molecular weight is 304 g/mol. The molecule has 6 heteroatoms. The molecular formula is C10H8BrClN2O2. The minimum atomic E-state index is 0.241. The monoisotopic (exact) mass is 302 g/mol. The number of nitrogen functional groups attached to an aromatic ring is 1. The highest BCUT2D eigenvalue weighted by Crippen LogP contribution is 2.40. The first kappa shape index (κ1) is 11.3. The third-order valence-corrected chi connectivity index (χ3v) is 3.15. The van der Waals surface area contributed by atoms with Gasteiger partial charge in [-0.25, -0.2) is 0 Å². The van der Waals surface area contributed by atoms with Crippen molar-refractivity contribution in [1.29, 1.82) is 0 Å². The number of benzene rings is 1. The predicted octanol–water partition coefficient (Wildman–Crippen LogP) is 3.35. The van der Waals surface area contributed by atoms with Crippen LogP contribution in [0.25, 0.3) is 11.1 Å². The fraction of sp³-hybridized carbons (Fsp3) is 0.100. The molecule has 2 aromatic rings. The molecule has 0 saturated heterocycles. The molecule has 0 aliphatic heterocycles. The average Bonchev–Trinajstić information content (AvgIpc) is 2.67. The van der Waals surface area contributed by atoms with Crippen molar-refractivity contribution < 1.29 is 9.26 Å². The normalized spacial score (nSPS) is 10.4. The lowest BCUT2D eigenvalue weighted by molar-refractivity contribution is 0.412. The summed E-state index contributed by atoms with van der Waals surface area (Å²) in [5, 5.41) is 4.17. The minimum absolute atomic E-state index is 0.241. The number of hydrogen-bond donors (Lipinski definition) is 1. The molecule has 2 rings (SSSR count). The quantitative estimate of drug-likeness (QED) is 0.924. The Bertz CT molecular complexity index is 528. The van der Waals surface area contributed by atoms with Crippen molar-refractivity contribution in [2.24, 2.45) is 0 Å². The Morgan fingerprint density at radius 3 is 2.75 bits per heavy atom. The van der Waals surface area contributed by atoms with Gasteiger partial charge in [0.2, 0.25) is 5.88 Å². The first-order chi connectivity index (χ1) is 7.63. The number of nitrogens with zero attached hydrogens (tertiary/aromatic N) is 1. The van der Waals surface area contributed by atoms with Gasteiger partial charge in [-0.05, 0) is 28.1 Å². The number of anilines is 1. The molecule has 0 radical (unpaired) electrons. The van der Waals surface area contributed by atoms with E-state index >= 15 is 0 Å². The van der Waals surface area contributed by atoms with Gasteiger partial charge in [-0.1, -0.05) is 16.8 Å². The standard InChI is InChI=1S/C10H8BrClN2O2/c1-15-8-3-5(12)2-6(9(8)11)7-4-14-16-10(7)13/h2-4H,13H2,1H3. The number of nitrogens with two attached hydrogens (primary N) is 1. The maximum Gasteiger partial charge on any atom is 0.229 e. The summed E-state index contributed by atoms with van der Waals surface area (Å²) in [6.45, 7) is 0. The molecule has 1 aromatic carbocycles. The van der Waals surface area contributed by atoms with Crippen molar-refractivity contribution in [1.82, 2.24) is 5.16 Å². The number of aromatic nitrogens is 1. The Balaban J connectivity index is 2.65. The first-order valence-electron chi connectivity index (χ1n) is 4.37. The van der Waals surface area contributed by atoms with E-state index in [0.29, 0.717) is 16.3 Å². The Morgan fingerprint density at radius 1 is 1.44 bits per heavy atom. The molecule has 0 saturated carbocycles. The van der Waals surface area contributed by atoms with Crippen LogP contribution in [0.1, 0.15) is 0 Å². The van der Waals surface area contributed by atoms with Crippen LogP contribution < -0.4 is 10.5 Å². The van der Waals surface area contributed by atoms with E-state index < -0.39 is 0 Å². The topological polar surface area (TPSA) is 61.3 Å². The lowest BCUT2D eigenvalue weighted by Crippen LogP contribution is -1.90. The van der Waals surface area contributed by atoms with E-state index in [4.69, 9.17) is 26.6 Å². The highest BCUT2D eigenvalue weighted by molar-refractivity contribution is 9.10. The lowest BCUT2D eigenvalue weighted by Gasteiger charge is -2.08. The Morgan fingerprint density at radius 2 is 2.19 bits per heavy atom. The summed E-state index contributed by atoms with van der Waals surface area (Å²) in [4.78, 5) is 0. The molecule has 0 fully saturated rings. The summed E-state index contributed by atoms with van der Waals surface area (Å²) < 4.78 is 10.8. The van der Waals surface area contributed by atoms with E-state index in [0.717, 1.165) is 10.0 Å². The van der Waals surface area contributed by atoms with Gasteiger partial charge >= 0.3 is 0 Å². The van der Waals surface area contributed by atoms with Crippen LogP contribution in [0.4, 0.5) is 5.88 Å². The van der Waals surface area contributed by atoms with Gasteiger partial charge in [0.15, 0.2) is 0 Å². The molecule has 1 aromatic heterocycles. The molecule has 0 bridgehead atoms. The Hall–Kier alpha value is -1.20. The van der Waals surface area contributed by atoms with Crippen LogP contribution in [-0.2, 0) is 0 Å². The van der Waals surface area contributed by atoms with Crippen LogP contribution in [0.15, 0.2) is 27.3 Å². The highest BCUT2D eigenvalue weighted by Gasteiger charge is 2.15. The zero-order valence-corrected chi connectivity index (χ0v) is 10.7. The van der Waals surface area contributed by atoms with Crippen molar-refractivity contribution in [2.75, 3.05) is 12.8 Å². The molecular weight excluding hydrogens is 295 g/mol. The van der Waals surface area contributed by atoms with Crippen molar-refractivity contribution >= 4 is 33.4 Å². The molecule has 1 heterocycles. The van der Waals surface area contributed by atoms with E-state index in [1.165, 1.54) is 6.20 Å². The van der Waals surface area contributed by atoms with E-state index in [-0.39, 0.29) is 5.88 Å². The second kappa shape index (κ2) is 4.35. The van der Waals surface area contributed by atoms with Gasteiger partial charge in [0.1, 0.15) is 5.75 Å². The van der Waals surface area contributed by atoms with E-state index in [1.807, 2.05) is 0 Å². The van der Waals surface area contributed by atoms with Crippen LogP contribution in [0.2, 0.25) is 5.02 Å². The van der Waals surface area contributed by atoms with Gasteiger partial charge in [-0.15, -0.1) is 0 Å². The van der Waals surface area contributed by atoms with Gasteiger partial charge in [0.05, 0.1) is 23.3 Å². The van der Waals surface area contributed by atoms with Crippen LogP contribution in [0, 0.1) is 0 Å². The number of methoxy groups -OCH3 is 1. The summed E-state index contributed by atoms with van der Waals surface area (Å²) >= 11 is 9.40. The maximum absolute atomic E-state index is 5.98. The van der Waals surface area contributed by atoms with E-state index in [9.17, 15) is 0 Å². The number of rotatable bonds is 2. The maximum atomic E-state index is 5.98. The van der Waals surface area contributed by atoms with Gasteiger partial charge in [0, 0.05) is 10.6 Å². The van der Waals surface area contributed by atoms with Crippen LogP contribution in [-0.4, -0.2) is 12.3 Å². The lowest BCUT2D eigenvalue weighted by atomic mass is 10.1. The molecule has 4 nitrogen and oxygen atoms in total. The van der Waals surface area contributed by atoms with Crippen molar-refractivity contribution in [3.63, 3.8) is 0 Å². The fourth-order valence-electron chi connectivity index (χ4n) is 1.36. The number of ether oxygens (including phenoxy) is 1. The van der Waals surface area contributed by atoms with Gasteiger partial charge in [0.25, 0.3) is 0 Å². The van der Waals surface area contributed by atoms with Crippen LogP contribution >= 0.6 is 27.5 Å². The van der Waals surface area contributed by atoms with Gasteiger partial charge in [-0.2, -0.15) is 0 Å². The molecule has 2 N–H and O–H groups in total. The molecule has 16 heavy (non-hydrogen) atoms. The zero-order chi connectivity index (χ0) is 11.7. The van der Waals surface area contributed by atoms with Crippen molar-refractivity contribution in [2.45, 2.75) is 0 Å². The van der Waals surface area contributed by atoms with Crippen molar-refractivity contribution in [3.8, 4) is 16.9 Å². The van der Waals surface area contributed by atoms with Gasteiger partial charge < -0.3 is 15.0 Å². The summed E-state index contributed by atoms with van der Waals surface area (Å²) in [6, 6.07) is 3.47. The third-order valence-electron chi connectivity index (χ3n) is 2.11. The Kier molecular flexibility index (Phi) is 3.07. The third kappa shape index (κ3) is 1.88. The minimum Gasteiger partial charge on any atom is -0.496 e. The molecule has 84 valence electrons. The second-order valence-electron chi connectivity index (χ2n) is 3.07. The van der Waals surface area contributed by atoms with Crippen molar-refractivity contribution in [3.05, 3.63) is 27.8 Å². The molecule has 0 unspecified atom stereocenters. The first-order valence-corrected chi connectivity index (χ1v) is 5.54. The SMILES string of the molecule is COc1cc(Cl)cc(-c2cnoc2N)c1Br. The molecule has 0 aliphatic rings.